The van der Waals surface area contributed by atoms with E-state index in [1.165, 1.54) is 18.2 Å². The van der Waals surface area contributed by atoms with Crippen LogP contribution in [0.2, 0.25) is 0 Å². The van der Waals surface area contributed by atoms with Crippen molar-refractivity contribution in [1.29, 1.82) is 0 Å². The van der Waals surface area contributed by atoms with Gasteiger partial charge in [0.1, 0.15) is 11.6 Å². The minimum atomic E-state index is -0.238. The van der Waals surface area contributed by atoms with Gasteiger partial charge in [-0.15, -0.1) is 0 Å². The Bertz CT molecular complexity index is 601. The highest BCUT2D eigenvalue weighted by Crippen LogP contribution is 2.18. The smallest absolute Gasteiger partial charge is 0.127 e. The average Bonchev–Trinajstić information content (AvgIpc) is 2.42. The van der Waals surface area contributed by atoms with Crippen LogP contribution in [0, 0.1) is 11.6 Å². The van der Waals surface area contributed by atoms with Gasteiger partial charge in [-0.25, -0.2) is 8.78 Å². The Morgan fingerprint density at radius 1 is 1.10 bits per heavy atom. The van der Waals surface area contributed by atoms with Crippen LogP contribution in [0.15, 0.2) is 46.9 Å². The number of nitrogens with one attached hydrogen (secondary N) is 1. The Hall–Kier alpha value is -1.26. The van der Waals surface area contributed by atoms with Gasteiger partial charge in [-0.1, -0.05) is 41.1 Å². The molecule has 1 N–H and O–H groups in total. The van der Waals surface area contributed by atoms with Gasteiger partial charge >= 0.3 is 0 Å². The van der Waals surface area contributed by atoms with E-state index in [-0.39, 0.29) is 17.7 Å². The van der Waals surface area contributed by atoms with Gasteiger partial charge in [0.25, 0.3) is 0 Å². The number of likely N-dealkylation sites (N-methyl/N-ethyl adjacent to an activating group) is 1. The van der Waals surface area contributed by atoms with Gasteiger partial charge in [-0.3, -0.25) is 0 Å². The van der Waals surface area contributed by atoms with E-state index in [1.807, 2.05) is 19.1 Å². The molecule has 0 spiro atoms. The van der Waals surface area contributed by atoms with Crippen LogP contribution in [0.3, 0.4) is 0 Å². The van der Waals surface area contributed by atoms with E-state index in [9.17, 15) is 8.78 Å². The third-order valence-electron chi connectivity index (χ3n) is 3.35. The molecule has 0 fully saturated rings. The lowest BCUT2D eigenvalue weighted by Gasteiger charge is -2.18. The normalized spacial score (nSPS) is 12.4. The lowest BCUT2D eigenvalue weighted by atomic mass is 9.98. The van der Waals surface area contributed by atoms with Crippen LogP contribution in [-0.2, 0) is 12.8 Å². The fourth-order valence-corrected chi connectivity index (χ4v) is 2.74. The van der Waals surface area contributed by atoms with Gasteiger partial charge in [-0.2, -0.15) is 0 Å². The summed E-state index contributed by atoms with van der Waals surface area (Å²) in [5, 5.41) is 3.34. The molecule has 21 heavy (non-hydrogen) atoms. The molecule has 1 nitrogen and oxygen atoms in total. The summed E-state index contributed by atoms with van der Waals surface area (Å²) in [6.07, 6.45) is 1.24. The van der Waals surface area contributed by atoms with E-state index in [4.69, 9.17) is 0 Å². The van der Waals surface area contributed by atoms with Crippen molar-refractivity contribution in [2.75, 3.05) is 6.54 Å². The Morgan fingerprint density at radius 3 is 2.57 bits per heavy atom. The maximum Gasteiger partial charge on any atom is 0.127 e. The summed E-state index contributed by atoms with van der Waals surface area (Å²) in [6, 6.07) is 11.7. The summed E-state index contributed by atoms with van der Waals surface area (Å²) < 4.78 is 27.9. The molecule has 2 rings (SSSR count). The lowest BCUT2D eigenvalue weighted by molar-refractivity contribution is 0.504. The van der Waals surface area contributed by atoms with E-state index < -0.39 is 0 Å². The van der Waals surface area contributed by atoms with Gasteiger partial charge < -0.3 is 5.32 Å². The first-order valence-electron chi connectivity index (χ1n) is 7.00. The highest BCUT2D eigenvalue weighted by molar-refractivity contribution is 9.10. The molecule has 0 radical (unpaired) electrons. The highest BCUT2D eigenvalue weighted by Gasteiger charge is 2.13. The number of hydrogen-bond acceptors (Lipinski definition) is 1. The molecule has 0 aromatic heterocycles. The number of halogens is 3. The largest absolute Gasteiger partial charge is 0.314 e. The van der Waals surface area contributed by atoms with Crippen molar-refractivity contribution >= 4 is 15.9 Å². The zero-order valence-corrected chi connectivity index (χ0v) is 13.5. The Morgan fingerprint density at radius 2 is 1.90 bits per heavy atom. The van der Waals surface area contributed by atoms with Crippen molar-refractivity contribution in [1.82, 2.24) is 5.32 Å². The first-order valence-corrected chi connectivity index (χ1v) is 7.79. The van der Waals surface area contributed by atoms with Crippen LogP contribution in [0.25, 0.3) is 0 Å². The van der Waals surface area contributed by atoms with Gasteiger partial charge in [0.05, 0.1) is 0 Å². The molecular weight excluding hydrogens is 336 g/mol. The maximum atomic E-state index is 13.9. The fourth-order valence-electron chi connectivity index (χ4n) is 2.41. The molecule has 0 saturated heterocycles. The van der Waals surface area contributed by atoms with E-state index >= 15 is 0 Å². The van der Waals surface area contributed by atoms with Gasteiger partial charge in [0, 0.05) is 10.5 Å². The minimum absolute atomic E-state index is 0.0764. The molecule has 1 atom stereocenters. The fraction of sp³-hybridized carbons (Fsp3) is 0.294. The van der Waals surface area contributed by atoms with Crippen molar-refractivity contribution < 1.29 is 8.78 Å². The monoisotopic (exact) mass is 353 g/mol. The Labute approximate surface area is 132 Å². The van der Waals surface area contributed by atoms with Crippen LogP contribution < -0.4 is 5.32 Å². The summed E-state index contributed by atoms with van der Waals surface area (Å²) in [5.74, 6) is -0.455. The van der Waals surface area contributed by atoms with Crippen LogP contribution in [0.4, 0.5) is 8.78 Å². The minimum Gasteiger partial charge on any atom is -0.314 e. The molecule has 0 bridgehead atoms. The van der Waals surface area contributed by atoms with E-state index in [0.29, 0.717) is 18.4 Å². The van der Waals surface area contributed by atoms with Crippen molar-refractivity contribution in [2.45, 2.75) is 25.8 Å². The van der Waals surface area contributed by atoms with Crippen LogP contribution in [-0.4, -0.2) is 12.6 Å². The van der Waals surface area contributed by atoms with E-state index in [1.54, 1.807) is 12.1 Å². The summed E-state index contributed by atoms with van der Waals surface area (Å²) in [7, 11) is 0. The Kier molecular flexibility index (Phi) is 5.88. The third-order valence-corrected chi connectivity index (χ3v) is 3.84. The predicted octanol–water partition coefficient (Wildman–Crippen LogP) is 4.49. The molecular formula is C17H18BrF2N. The maximum absolute atomic E-state index is 13.9. The molecule has 0 aliphatic heterocycles. The zero-order chi connectivity index (χ0) is 15.2. The number of hydrogen-bond donors (Lipinski definition) is 1. The number of benzene rings is 2. The summed E-state index contributed by atoms with van der Waals surface area (Å²) in [4.78, 5) is 0. The molecule has 2 aromatic carbocycles. The average molecular weight is 354 g/mol. The topological polar surface area (TPSA) is 12.0 Å². The van der Waals surface area contributed by atoms with Crippen molar-refractivity contribution in [2.24, 2.45) is 0 Å². The van der Waals surface area contributed by atoms with Crippen molar-refractivity contribution in [3.63, 3.8) is 0 Å². The Balaban J connectivity index is 2.11. The molecule has 1 unspecified atom stereocenters. The third kappa shape index (κ3) is 4.90. The molecule has 112 valence electrons. The standard InChI is InChI=1S/C17H18BrF2N/c1-2-21-16(9-12-4-3-5-15(19)8-12)10-13-6-7-14(18)11-17(13)20/h3-8,11,16,21H,2,9-10H2,1H3. The van der Waals surface area contributed by atoms with E-state index in [0.717, 1.165) is 16.6 Å². The summed E-state index contributed by atoms with van der Waals surface area (Å²) in [5.41, 5.74) is 1.58. The van der Waals surface area contributed by atoms with Gasteiger partial charge in [0.2, 0.25) is 0 Å². The second-order valence-corrected chi connectivity index (χ2v) is 5.94. The lowest BCUT2D eigenvalue weighted by Crippen LogP contribution is -2.33. The highest BCUT2D eigenvalue weighted by atomic mass is 79.9. The van der Waals surface area contributed by atoms with Crippen molar-refractivity contribution in [3.05, 3.63) is 69.7 Å². The van der Waals surface area contributed by atoms with Crippen LogP contribution in [0.5, 0.6) is 0 Å². The molecule has 0 saturated carbocycles. The van der Waals surface area contributed by atoms with E-state index in [2.05, 4.69) is 21.2 Å². The SMILES string of the molecule is CCNC(Cc1cccc(F)c1)Cc1ccc(Br)cc1F. The first-order chi connectivity index (χ1) is 10.1. The summed E-state index contributed by atoms with van der Waals surface area (Å²) in [6.45, 7) is 2.80. The molecule has 0 heterocycles. The molecule has 0 aliphatic rings. The summed E-state index contributed by atoms with van der Waals surface area (Å²) >= 11 is 3.26. The van der Waals surface area contributed by atoms with Gasteiger partial charge in [-0.05, 0) is 54.8 Å². The molecule has 4 heteroatoms. The molecule has 0 amide bonds. The first kappa shape index (κ1) is 16.1. The van der Waals surface area contributed by atoms with Crippen LogP contribution >= 0.6 is 15.9 Å². The second kappa shape index (κ2) is 7.66. The van der Waals surface area contributed by atoms with Crippen molar-refractivity contribution in [3.8, 4) is 0 Å². The molecule has 2 aromatic rings. The number of rotatable bonds is 6. The predicted molar refractivity (Wildman–Crippen MR) is 85.4 cm³/mol. The van der Waals surface area contributed by atoms with Crippen LogP contribution in [0.1, 0.15) is 18.1 Å². The molecule has 0 aliphatic carbocycles. The van der Waals surface area contributed by atoms with Gasteiger partial charge in [0.15, 0.2) is 0 Å². The quantitative estimate of drug-likeness (QED) is 0.806. The second-order valence-electron chi connectivity index (χ2n) is 5.03. The zero-order valence-electron chi connectivity index (χ0n) is 11.9.